The van der Waals surface area contributed by atoms with Crippen molar-refractivity contribution in [3.63, 3.8) is 0 Å². The zero-order chi connectivity index (χ0) is 14.9. The van der Waals surface area contributed by atoms with Gasteiger partial charge in [-0.05, 0) is 35.9 Å². The first-order valence-electron chi connectivity index (χ1n) is 7.55. The Morgan fingerprint density at radius 3 is 2.68 bits per heavy atom. The summed E-state index contributed by atoms with van der Waals surface area (Å²) in [5.74, 6) is 0. The summed E-state index contributed by atoms with van der Waals surface area (Å²) in [5, 5.41) is 5.82. The Morgan fingerprint density at radius 1 is 0.955 bits per heavy atom. The van der Waals surface area contributed by atoms with Gasteiger partial charge in [-0.25, -0.2) is 4.98 Å². The lowest BCUT2D eigenvalue weighted by atomic mass is 10.1. The summed E-state index contributed by atoms with van der Waals surface area (Å²) < 4.78 is 2.07. The first-order chi connectivity index (χ1) is 10.8. The largest absolute Gasteiger partial charge is 0.384 e. The minimum absolute atomic E-state index is 0.914. The maximum absolute atomic E-state index is 4.73. The Balaban J connectivity index is 1.81. The van der Waals surface area contributed by atoms with Crippen LogP contribution in [0.2, 0.25) is 0 Å². The van der Waals surface area contributed by atoms with Crippen LogP contribution >= 0.6 is 0 Å². The highest BCUT2D eigenvalue weighted by Crippen LogP contribution is 2.24. The van der Waals surface area contributed by atoms with Crippen molar-refractivity contribution in [1.82, 2.24) is 9.38 Å². The van der Waals surface area contributed by atoms with Gasteiger partial charge in [0.1, 0.15) is 5.65 Å². The van der Waals surface area contributed by atoms with E-state index in [4.69, 9.17) is 4.98 Å². The molecule has 0 saturated carbocycles. The number of hydrogen-bond acceptors (Lipinski definition) is 2. The summed E-state index contributed by atoms with van der Waals surface area (Å²) in [4.78, 5) is 4.73. The Bertz CT molecular complexity index is 953. The highest BCUT2D eigenvalue weighted by atomic mass is 15.0. The van der Waals surface area contributed by atoms with Gasteiger partial charge in [0.2, 0.25) is 0 Å². The third-order valence-electron chi connectivity index (χ3n) is 3.88. The SMILES string of the molecule is CCNc1ccc2nc(-c3ccc4ccccc4c3)cn2c1. The predicted molar refractivity (Wildman–Crippen MR) is 92.3 cm³/mol. The molecule has 0 aliphatic carbocycles. The molecule has 0 aliphatic rings. The van der Waals surface area contributed by atoms with Crippen LogP contribution in [0.3, 0.4) is 0 Å². The van der Waals surface area contributed by atoms with E-state index in [1.165, 1.54) is 10.8 Å². The summed E-state index contributed by atoms with van der Waals surface area (Å²) in [6, 6.07) is 19.0. The quantitative estimate of drug-likeness (QED) is 0.597. The number of pyridine rings is 1. The van der Waals surface area contributed by atoms with Gasteiger partial charge in [-0.3, -0.25) is 0 Å². The van der Waals surface area contributed by atoms with Crippen molar-refractivity contribution in [3.8, 4) is 11.3 Å². The molecular formula is C19H17N3. The average Bonchev–Trinajstić information content (AvgIpc) is 2.98. The van der Waals surface area contributed by atoms with Gasteiger partial charge in [-0.1, -0.05) is 36.4 Å². The number of hydrogen-bond donors (Lipinski definition) is 1. The molecule has 2 aromatic carbocycles. The van der Waals surface area contributed by atoms with Crippen LogP contribution in [0.25, 0.3) is 27.7 Å². The number of rotatable bonds is 3. The molecule has 0 unspecified atom stereocenters. The lowest BCUT2D eigenvalue weighted by Gasteiger charge is -2.02. The Kier molecular flexibility index (Phi) is 3.04. The molecule has 0 bridgehead atoms. The van der Waals surface area contributed by atoms with E-state index in [-0.39, 0.29) is 0 Å². The van der Waals surface area contributed by atoms with Crippen LogP contribution in [0.15, 0.2) is 67.0 Å². The maximum Gasteiger partial charge on any atom is 0.137 e. The van der Waals surface area contributed by atoms with Crippen LogP contribution in [-0.4, -0.2) is 15.9 Å². The van der Waals surface area contributed by atoms with Crippen molar-refractivity contribution < 1.29 is 0 Å². The fourth-order valence-corrected chi connectivity index (χ4v) is 2.79. The number of benzene rings is 2. The Labute approximate surface area is 129 Å². The van der Waals surface area contributed by atoms with E-state index in [9.17, 15) is 0 Å². The standard InChI is InChI=1S/C19H17N3/c1-2-20-17-9-10-19-21-18(13-22(19)12-17)16-8-7-14-5-3-4-6-15(14)11-16/h3-13,20H,2H2,1H3. The van der Waals surface area contributed by atoms with Gasteiger partial charge < -0.3 is 9.72 Å². The summed E-state index contributed by atoms with van der Waals surface area (Å²) in [6.07, 6.45) is 4.16. The first kappa shape index (κ1) is 12.9. The van der Waals surface area contributed by atoms with Crippen molar-refractivity contribution in [2.24, 2.45) is 0 Å². The van der Waals surface area contributed by atoms with E-state index >= 15 is 0 Å². The highest BCUT2D eigenvalue weighted by molar-refractivity contribution is 5.86. The molecule has 1 N–H and O–H groups in total. The maximum atomic E-state index is 4.73. The normalized spacial score (nSPS) is 11.1. The number of imidazole rings is 1. The van der Waals surface area contributed by atoms with Crippen LogP contribution < -0.4 is 5.32 Å². The number of nitrogens with one attached hydrogen (secondary N) is 1. The second-order valence-electron chi connectivity index (χ2n) is 5.40. The molecule has 108 valence electrons. The third-order valence-corrected chi connectivity index (χ3v) is 3.88. The van der Waals surface area contributed by atoms with Gasteiger partial charge in [0, 0.05) is 24.5 Å². The third kappa shape index (κ3) is 2.21. The van der Waals surface area contributed by atoms with Gasteiger partial charge in [0.25, 0.3) is 0 Å². The molecule has 2 aromatic heterocycles. The molecule has 4 aromatic rings. The molecule has 0 spiro atoms. The molecule has 22 heavy (non-hydrogen) atoms. The van der Waals surface area contributed by atoms with Crippen molar-refractivity contribution in [2.45, 2.75) is 6.92 Å². The van der Waals surface area contributed by atoms with Crippen LogP contribution in [-0.2, 0) is 0 Å². The number of fused-ring (bicyclic) bond motifs is 2. The molecule has 0 amide bonds. The molecule has 0 radical (unpaired) electrons. The first-order valence-corrected chi connectivity index (χ1v) is 7.55. The molecule has 0 fully saturated rings. The fourth-order valence-electron chi connectivity index (χ4n) is 2.79. The fraction of sp³-hybridized carbons (Fsp3) is 0.105. The zero-order valence-corrected chi connectivity index (χ0v) is 12.5. The number of anilines is 1. The minimum atomic E-state index is 0.914. The van der Waals surface area contributed by atoms with Crippen molar-refractivity contribution in [3.05, 3.63) is 67.0 Å². The van der Waals surface area contributed by atoms with Gasteiger partial charge in [0.05, 0.1) is 11.4 Å². The molecule has 4 rings (SSSR count). The van der Waals surface area contributed by atoms with Crippen LogP contribution in [0.4, 0.5) is 5.69 Å². The lowest BCUT2D eigenvalue weighted by Crippen LogP contribution is -1.97. The van der Waals surface area contributed by atoms with E-state index in [0.717, 1.165) is 29.1 Å². The highest BCUT2D eigenvalue weighted by Gasteiger charge is 2.05. The molecule has 0 saturated heterocycles. The molecule has 0 atom stereocenters. The summed E-state index contributed by atoms with van der Waals surface area (Å²) in [7, 11) is 0. The van der Waals surface area contributed by atoms with E-state index in [0.29, 0.717) is 0 Å². The van der Waals surface area contributed by atoms with E-state index in [1.807, 2.05) is 6.07 Å². The topological polar surface area (TPSA) is 29.3 Å². The summed E-state index contributed by atoms with van der Waals surface area (Å²) in [5.41, 5.74) is 4.22. The number of aromatic nitrogens is 2. The second kappa shape index (κ2) is 5.19. The molecular weight excluding hydrogens is 270 g/mol. The monoisotopic (exact) mass is 287 g/mol. The van der Waals surface area contributed by atoms with Crippen LogP contribution in [0.1, 0.15) is 6.92 Å². The zero-order valence-electron chi connectivity index (χ0n) is 12.5. The Hall–Kier alpha value is -2.81. The van der Waals surface area contributed by atoms with Crippen molar-refractivity contribution in [1.29, 1.82) is 0 Å². The summed E-state index contributed by atoms with van der Waals surface area (Å²) >= 11 is 0. The van der Waals surface area contributed by atoms with Crippen molar-refractivity contribution in [2.75, 3.05) is 11.9 Å². The molecule has 2 heterocycles. The lowest BCUT2D eigenvalue weighted by molar-refractivity contribution is 1.15. The number of nitrogens with zero attached hydrogens (tertiary/aromatic N) is 2. The van der Waals surface area contributed by atoms with Gasteiger partial charge >= 0.3 is 0 Å². The predicted octanol–water partition coefficient (Wildman–Crippen LogP) is 4.59. The van der Waals surface area contributed by atoms with E-state index in [1.54, 1.807) is 0 Å². The minimum Gasteiger partial charge on any atom is -0.384 e. The van der Waals surface area contributed by atoms with Gasteiger partial charge in [-0.15, -0.1) is 0 Å². The molecule has 0 aliphatic heterocycles. The average molecular weight is 287 g/mol. The summed E-state index contributed by atoms with van der Waals surface area (Å²) in [6.45, 7) is 3.01. The van der Waals surface area contributed by atoms with E-state index in [2.05, 4.69) is 77.6 Å². The smallest absolute Gasteiger partial charge is 0.137 e. The van der Waals surface area contributed by atoms with Crippen LogP contribution in [0.5, 0.6) is 0 Å². The van der Waals surface area contributed by atoms with Gasteiger partial charge in [0.15, 0.2) is 0 Å². The van der Waals surface area contributed by atoms with E-state index < -0.39 is 0 Å². The molecule has 3 nitrogen and oxygen atoms in total. The Morgan fingerprint density at radius 2 is 1.82 bits per heavy atom. The van der Waals surface area contributed by atoms with Crippen LogP contribution in [0, 0.1) is 0 Å². The van der Waals surface area contributed by atoms with Gasteiger partial charge in [-0.2, -0.15) is 0 Å². The second-order valence-corrected chi connectivity index (χ2v) is 5.40. The molecule has 3 heteroatoms. The van der Waals surface area contributed by atoms with Crippen molar-refractivity contribution >= 4 is 22.1 Å².